The van der Waals surface area contributed by atoms with Gasteiger partial charge in [-0.2, -0.15) is 0 Å². The van der Waals surface area contributed by atoms with Gasteiger partial charge in [-0.05, 0) is 6.07 Å². The molecule has 0 saturated carbocycles. The van der Waals surface area contributed by atoms with Crippen LogP contribution in [0.4, 0.5) is 8.78 Å². The molecule has 4 heteroatoms. The standard InChI is InChI=1S/C8H6F2NO/c9-7-2-1-6(4-11-5-12)8(10)3-7/h1-3H,4H2,(H,11,12). The van der Waals surface area contributed by atoms with Gasteiger partial charge in [0.15, 0.2) is 0 Å². The molecule has 12 heavy (non-hydrogen) atoms. The number of amides is 1. The summed E-state index contributed by atoms with van der Waals surface area (Å²) in [5.74, 6) is -1.30. The van der Waals surface area contributed by atoms with Gasteiger partial charge in [0.25, 0.3) is 0 Å². The number of hydrogen-bond acceptors (Lipinski definition) is 1. The van der Waals surface area contributed by atoms with Gasteiger partial charge >= 0.3 is 6.41 Å². The Morgan fingerprint density at radius 2 is 2.17 bits per heavy atom. The van der Waals surface area contributed by atoms with Crippen LogP contribution in [0.3, 0.4) is 0 Å². The molecule has 0 saturated heterocycles. The van der Waals surface area contributed by atoms with E-state index in [1.165, 1.54) is 12.5 Å². The largest absolute Gasteiger partial charge is 0.344 e. The quantitative estimate of drug-likeness (QED) is 0.676. The van der Waals surface area contributed by atoms with Gasteiger partial charge in [-0.3, -0.25) is 4.79 Å². The number of rotatable bonds is 3. The lowest BCUT2D eigenvalue weighted by Gasteiger charge is -2.00. The first-order chi connectivity index (χ1) is 5.74. The van der Waals surface area contributed by atoms with Crippen LogP contribution in [0.1, 0.15) is 5.56 Å². The minimum atomic E-state index is -0.669. The first-order valence-electron chi connectivity index (χ1n) is 3.28. The Morgan fingerprint density at radius 3 is 2.75 bits per heavy atom. The molecule has 1 N–H and O–H groups in total. The van der Waals surface area contributed by atoms with Gasteiger partial charge in [0, 0.05) is 18.2 Å². The molecule has 1 amide bonds. The Balaban J connectivity index is 2.78. The second kappa shape index (κ2) is 3.80. The van der Waals surface area contributed by atoms with Crippen molar-refractivity contribution in [3.05, 3.63) is 35.4 Å². The van der Waals surface area contributed by atoms with Crippen LogP contribution in [0.25, 0.3) is 0 Å². The summed E-state index contributed by atoms with van der Waals surface area (Å²) in [4.78, 5) is 9.72. The molecule has 1 aromatic carbocycles. The van der Waals surface area contributed by atoms with E-state index in [2.05, 4.69) is 5.32 Å². The Labute approximate surface area is 68.2 Å². The lowest BCUT2D eigenvalue weighted by atomic mass is 10.2. The summed E-state index contributed by atoms with van der Waals surface area (Å²) in [6.45, 7) is 0.0234. The van der Waals surface area contributed by atoms with E-state index in [0.29, 0.717) is 0 Å². The van der Waals surface area contributed by atoms with E-state index in [0.717, 1.165) is 12.1 Å². The van der Waals surface area contributed by atoms with Crippen molar-refractivity contribution in [2.24, 2.45) is 0 Å². The van der Waals surface area contributed by atoms with Crippen molar-refractivity contribution in [2.45, 2.75) is 6.54 Å². The molecule has 0 unspecified atom stereocenters. The number of hydrogen-bond donors (Lipinski definition) is 1. The zero-order valence-corrected chi connectivity index (χ0v) is 6.10. The van der Waals surface area contributed by atoms with E-state index in [1.54, 1.807) is 0 Å². The predicted octanol–water partition coefficient (Wildman–Crippen LogP) is 1.12. The maximum atomic E-state index is 12.8. The fraction of sp³-hybridized carbons (Fsp3) is 0.125. The van der Waals surface area contributed by atoms with Crippen LogP contribution >= 0.6 is 0 Å². The number of carbonyl (C=O) groups excluding carboxylic acids is 1. The fourth-order valence-corrected chi connectivity index (χ4v) is 0.796. The zero-order valence-electron chi connectivity index (χ0n) is 6.10. The van der Waals surface area contributed by atoms with Gasteiger partial charge in [0.1, 0.15) is 11.6 Å². The highest BCUT2D eigenvalue weighted by atomic mass is 19.1. The molecule has 0 aromatic heterocycles. The average Bonchev–Trinajstić information content (AvgIpc) is 2.03. The SMILES string of the molecule is O=[C]NCc1ccc(F)cc1F. The second-order valence-electron chi connectivity index (χ2n) is 2.19. The molecule has 0 aliphatic heterocycles. The molecule has 0 spiro atoms. The van der Waals surface area contributed by atoms with Gasteiger partial charge in [-0.15, -0.1) is 0 Å². The van der Waals surface area contributed by atoms with Gasteiger partial charge in [0.2, 0.25) is 0 Å². The highest BCUT2D eigenvalue weighted by molar-refractivity contribution is 5.47. The Kier molecular flexibility index (Phi) is 2.74. The van der Waals surface area contributed by atoms with Crippen LogP contribution < -0.4 is 5.32 Å². The third-order valence-corrected chi connectivity index (χ3v) is 1.37. The average molecular weight is 170 g/mol. The van der Waals surface area contributed by atoms with Crippen molar-refractivity contribution >= 4 is 6.41 Å². The number of nitrogens with one attached hydrogen (secondary N) is 1. The summed E-state index contributed by atoms with van der Waals surface area (Å²) in [6, 6.07) is 3.17. The topological polar surface area (TPSA) is 29.1 Å². The molecule has 1 rings (SSSR count). The van der Waals surface area contributed by atoms with Gasteiger partial charge in [0.05, 0.1) is 0 Å². The van der Waals surface area contributed by atoms with Gasteiger partial charge < -0.3 is 5.32 Å². The summed E-state index contributed by atoms with van der Waals surface area (Å²) in [6.07, 6.45) is 1.40. The smallest absolute Gasteiger partial charge is 0.309 e. The fourth-order valence-electron chi connectivity index (χ4n) is 0.796. The molecule has 1 radical (unpaired) electrons. The van der Waals surface area contributed by atoms with Crippen LogP contribution in [0, 0.1) is 11.6 Å². The molecule has 0 atom stereocenters. The normalized spacial score (nSPS) is 9.50. The second-order valence-corrected chi connectivity index (χ2v) is 2.19. The highest BCUT2D eigenvalue weighted by Gasteiger charge is 2.01. The van der Waals surface area contributed by atoms with Crippen LogP contribution in [0.2, 0.25) is 0 Å². The molecular weight excluding hydrogens is 164 g/mol. The van der Waals surface area contributed by atoms with Crippen molar-refractivity contribution in [1.29, 1.82) is 0 Å². The molecule has 1 aromatic rings. The third kappa shape index (κ3) is 2.02. The van der Waals surface area contributed by atoms with Crippen molar-refractivity contribution in [1.82, 2.24) is 5.32 Å². The van der Waals surface area contributed by atoms with Crippen LogP contribution in [0.5, 0.6) is 0 Å². The van der Waals surface area contributed by atoms with E-state index in [1.807, 2.05) is 0 Å². The molecule has 0 heterocycles. The Bertz CT molecular complexity index is 288. The highest BCUT2D eigenvalue weighted by Crippen LogP contribution is 2.08. The van der Waals surface area contributed by atoms with E-state index >= 15 is 0 Å². The Hall–Kier alpha value is -1.45. The summed E-state index contributed by atoms with van der Waals surface area (Å²) < 4.78 is 25.1. The lowest BCUT2D eigenvalue weighted by Crippen LogP contribution is -2.10. The minimum absolute atomic E-state index is 0.0234. The summed E-state index contributed by atoms with van der Waals surface area (Å²) in [5.41, 5.74) is 0.236. The molecule has 0 bridgehead atoms. The number of halogens is 2. The molecule has 0 fully saturated rings. The summed E-state index contributed by atoms with van der Waals surface area (Å²) in [7, 11) is 0. The van der Waals surface area contributed by atoms with E-state index in [9.17, 15) is 13.6 Å². The van der Waals surface area contributed by atoms with Crippen molar-refractivity contribution in [2.75, 3.05) is 0 Å². The number of benzene rings is 1. The van der Waals surface area contributed by atoms with E-state index in [4.69, 9.17) is 0 Å². The summed E-state index contributed by atoms with van der Waals surface area (Å²) >= 11 is 0. The van der Waals surface area contributed by atoms with E-state index < -0.39 is 11.6 Å². The monoisotopic (exact) mass is 170 g/mol. The third-order valence-electron chi connectivity index (χ3n) is 1.37. The predicted molar refractivity (Wildman–Crippen MR) is 38.9 cm³/mol. The maximum Gasteiger partial charge on any atom is 0.309 e. The maximum absolute atomic E-state index is 12.8. The molecular formula is C8H6F2NO. The zero-order chi connectivity index (χ0) is 8.97. The van der Waals surface area contributed by atoms with Gasteiger partial charge in [-0.25, -0.2) is 8.78 Å². The Morgan fingerprint density at radius 1 is 1.42 bits per heavy atom. The first kappa shape index (κ1) is 8.64. The molecule has 2 nitrogen and oxygen atoms in total. The van der Waals surface area contributed by atoms with Gasteiger partial charge in [-0.1, -0.05) is 6.07 Å². The first-order valence-corrected chi connectivity index (χ1v) is 3.28. The van der Waals surface area contributed by atoms with Crippen LogP contribution in [0.15, 0.2) is 18.2 Å². The molecule has 0 aliphatic carbocycles. The molecule has 63 valence electrons. The lowest BCUT2D eigenvalue weighted by molar-refractivity contribution is 0.537. The van der Waals surface area contributed by atoms with Crippen molar-refractivity contribution < 1.29 is 13.6 Å². The van der Waals surface area contributed by atoms with Crippen molar-refractivity contribution in [3.63, 3.8) is 0 Å². The van der Waals surface area contributed by atoms with Crippen molar-refractivity contribution in [3.8, 4) is 0 Å². The molecule has 0 aliphatic rings. The van der Waals surface area contributed by atoms with E-state index in [-0.39, 0.29) is 12.1 Å². The van der Waals surface area contributed by atoms with Crippen LogP contribution in [-0.2, 0) is 11.3 Å². The van der Waals surface area contributed by atoms with Crippen LogP contribution in [-0.4, -0.2) is 6.41 Å². The summed E-state index contributed by atoms with van der Waals surface area (Å²) in [5, 5.41) is 2.16. The minimum Gasteiger partial charge on any atom is -0.344 e.